The molecule has 3 nitrogen and oxygen atoms in total. The standard InChI is InChI=1S/C15H22N2O/c1-11(16-2)13-8-5-9-14(10-13)17-15(18)12-6-3-4-7-12/h5,8-12,16H,3-4,6-7H2,1-2H3,(H,17,18). The van der Waals surface area contributed by atoms with Gasteiger partial charge in [0, 0.05) is 17.6 Å². The molecule has 1 aromatic rings. The Hall–Kier alpha value is -1.35. The van der Waals surface area contributed by atoms with Crippen molar-refractivity contribution in [1.82, 2.24) is 5.32 Å². The second-order valence-corrected chi connectivity index (χ2v) is 5.11. The van der Waals surface area contributed by atoms with Crippen molar-refractivity contribution in [2.45, 2.75) is 38.6 Å². The van der Waals surface area contributed by atoms with E-state index in [-0.39, 0.29) is 11.8 Å². The second-order valence-electron chi connectivity index (χ2n) is 5.11. The van der Waals surface area contributed by atoms with Gasteiger partial charge in [0.1, 0.15) is 0 Å². The number of carbonyl (C=O) groups excluding carboxylic acids is 1. The largest absolute Gasteiger partial charge is 0.326 e. The van der Waals surface area contributed by atoms with Gasteiger partial charge in [-0.05, 0) is 44.5 Å². The molecule has 0 saturated heterocycles. The monoisotopic (exact) mass is 246 g/mol. The van der Waals surface area contributed by atoms with Crippen molar-refractivity contribution in [3.05, 3.63) is 29.8 Å². The van der Waals surface area contributed by atoms with Crippen LogP contribution in [0.5, 0.6) is 0 Å². The highest BCUT2D eigenvalue weighted by Crippen LogP contribution is 2.26. The summed E-state index contributed by atoms with van der Waals surface area (Å²) in [6.07, 6.45) is 4.46. The minimum absolute atomic E-state index is 0.182. The van der Waals surface area contributed by atoms with Gasteiger partial charge in [0.15, 0.2) is 0 Å². The quantitative estimate of drug-likeness (QED) is 0.857. The molecular weight excluding hydrogens is 224 g/mol. The van der Waals surface area contributed by atoms with Gasteiger partial charge in [-0.15, -0.1) is 0 Å². The molecule has 0 heterocycles. The van der Waals surface area contributed by atoms with Crippen LogP contribution < -0.4 is 10.6 Å². The lowest BCUT2D eigenvalue weighted by Gasteiger charge is -2.14. The predicted octanol–water partition coefficient (Wildman–Crippen LogP) is 3.10. The minimum Gasteiger partial charge on any atom is -0.326 e. The van der Waals surface area contributed by atoms with Gasteiger partial charge in [-0.1, -0.05) is 25.0 Å². The fraction of sp³-hybridized carbons (Fsp3) is 0.533. The normalized spacial score (nSPS) is 17.7. The first-order valence-corrected chi connectivity index (χ1v) is 6.79. The van der Waals surface area contributed by atoms with Gasteiger partial charge in [0.25, 0.3) is 0 Å². The van der Waals surface area contributed by atoms with Crippen LogP contribution in [-0.2, 0) is 4.79 Å². The van der Waals surface area contributed by atoms with Crippen LogP contribution in [0, 0.1) is 5.92 Å². The zero-order valence-electron chi connectivity index (χ0n) is 11.2. The molecule has 1 aromatic carbocycles. The molecule has 1 saturated carbocycles. The fourth-order valence-electron chi connectivity index (χ4n) is 2.48. The summed E-state index contributed by atoms with van der Waals surface area (Å²) in [6.45, 7) is 2.11. The van der Waals surface area contributed by atoms with E-state index in [1.807, 2.05) is 25.2 Å². The van der Waals surface area contributed by atoms with Crippen LogP contribution in [0.25, 0.3) is 0 Å². The molecule has 1 amide bonds. The van der Waals surface area contributed by atoms with Gasteiger partial charge >= 0.3 is 0 Å². The highest BCUT2D eigenvalue weighted by atomic mass is 16.1. The highest BCUT2D eigenvalue weighted by Gasteiger charge is 2.22. The average Bonchev–Trinajstić information content (AvgIpc) is 2.92. The Morgan fingerprint density at radius 3 is 2.72 bits per heavy atom. The number of anilines is 1. The predicted molar refractivity (Wildman–Crippen MR) is 74.5 cm³/mol. The number of benzene rings is 1. The molecule has 0 aromatic heterocycles. The lowest BCUT2D eigenvalue weighted by Crippen LogP contribution is -2.20. The smallest absolute Gasteiger partial charge is 0.227 e. The first kappa shape index (κ1) is 13.1. The van der Waals surface area contributed by atoms with Crippen LogP contribution in [0.2, 0.25) is 0 Å². The Bertz CT molecular complexity index is 411. The molecule has 0 aliphatic heterocycles. The van der Waals surface area contributed by atoms with Crippen molar-refractivity contribution >= 4 is 11.6 Å². The number of nitrogens with one attached hydrogen (secondary N) is 2. The van der Waals surface area contributed by atoms with Gasteiger partial charge in [-0.3, -0.25) is 4.79 Å². The summed E-state index contributed by atoms with van der Waals surface area (Å²) < 4.78 is 0. The van der Waals surface area contributed by atoms with Gasteiger partial charge in [0.2, 0.25) is 5.91 Å². The van der Waals surface area contributed by atoms with E-state index in [0.717, 1.165) is 18.5 Å². The SMILES string of the molecule is CNC(C)c1cccc(NC(=O)C2CCCC2)c1. The lowest BCUT2D eigenvalue weighted by molar-refractivity contribution is -0.119. The summed E-state index contributed by atoms with van der Waals surface area (Å²) in [6, 6.07) is 8.38. The summed E-state index contributed by atoms with van der Waals surface area (Å²) in [5, 5.41) is 6.24. The van der Waals surface area contributed by atoms with Crippen LogP contribution >= 0.6 is 0 Å². The van der Waals surface area contributed by atoms with Gasteiger partial charge in [-0.25, -0.2) is 0 Å². The highest BCUT2D eigenvalue weighted by molar-refractivity contribution is 5.92. The molecule has 3 heteroatoms. The molecule has 1 aliphatic rings. The maximum Gasteiger partial charge on any atom is 0.227 e. The lowest BCUT2D eigenvalue weighted by atomic mass is 10.1. The van der Waals surface area contributed by atoms with E-state index >= 15 is 0 Å². The number of amides is 1. The van der Waals surface area contributed by atoms with Gasteiger partial charge in [-0.2, -0.15) is 0 Å². The van der Waals surface area contributed by atoms with Crippen LogP contribution in [0.1, 0.15) is 44.2 Å². The molecule has 0 radical (unpaired) electrons. The molecule has 0 spiro atoms. The van der Waals surface area contributed by atoms with Crippen molar-refractivity contribution in [3.8, 4) is 0 Å². The summed E-state index contributed by atoms with van der Waals surface area (Å²) in [5.41, 5.74) is 2.10. The number of hydrogen-bond donors (Lipinski definition) is 2. The van der Waals surface area contributed by atoms with E-state index in [4.69, 9.17) is 0 Å². The Balaban J connectivity index is 2.02. The molecule has 0 bridgehead atoms. The van der Waals surface area contributed by atoms with Crippen LogP contribution in [0.15, 0.2) is 24.3 Å². The van der Waals surface area contributed by atoms with Crippen molar-refractivity contribution < 1.29 is 4.79 Å². The first-order chi connectivity index (χ1) is 8.70. The summed E-state index contributed by atoms with van der Waals surface area (Å²) >= 11 is 0. The zero-order chi connectivity index (χ0) is 13.0. The van der Waals surface area contributed by atoms with E-state index in [1.54, 1.807) is 0 Å². The summed E-state index contributed by atoms with van der Waals surface area (Å²) in [7, 11) is 1.94. The van der Waals surface area contributed by atoms with Crippen molar-refractivity contribution in [3.63, 3.8) is 0 Å². The zero-order valence-corrected chi connectivity index (χ0v) is 11.2. The van der Waals surface area contributed by atoms with Crippen molar-refractivity contribution in [2.24, 2.45) is 5.92 Å². The third kappa shape index (κ3) is 3.10. The summed E-state index contributed by atoms with van der Waals surface area (Å²) in [4.78, 5) is 12.0. The molecule has 2 rings (SSSR count). The van der Waals surface area contributed by atoms with E-state index in [2.05, 4.69) is 23.6 Å². The molecule has 2 N–H and O–H groups in total. The summed E-state index contributed by atoms with van der Waals surface area (Å²) in [5.74, 6) is 0.400. The van der Waals surface area contributed by atoms with E-state index in [1.165, 1.54) is 18.4 Å². The Morgan fingerprint density at radius 1 is 1.33 bits per heavy atom. The molecule has 1 unspecified atom stereocenters. The number of rotatable bonds is 4. The molecule has 18 heavy (non-hydrogen) atoms. The molecule has 1 atom stereocenters. The Morgan fingerprint density at radius 2 is 2.06 bits per heavy atom. The van der Waals surface area contributed by atoms with E-state index in [0.29, 0.717) is 6.04 Å². The molecular formula is C15H22N2O. The van der Waals surface area contributed by atoms with Crippen LogP contribution in [-0.4, -0.2) is 13.0 Å². The Kier molecular flexibility index (Phi) is 4.37. The average molecular weight is 246 g/mol. The molecule has 98 valence electrons. The molecule has 1 aliphatic carbocycles. The molecule has 1 fully saturated rings. The van der Waals surface area contributed by atoms with Crippen molar-refractivity contribution in [2.75, 3.05) is 12.4 Å². The van der Waals surface area contributed by atoms with Gasteiger partial charge in [0.05, 0.1) is 0 Å². The third-order valence-electron chi connectivity index (χ3n) is 3.81. The van der Waals surface area contributed by atoms with E-state index < -0.39 is 0 Å². The minimum atomic E-state index is 0.182. The third-order valence-corrected chi connectivity index (χ3v) is 3.81. The first-order valence-electron chi connectivity index (χ1n) is 6.79. The van der Waals surface area contributed by atoms with Crippen LogP contribution in [0.4, 0.5) is 5.69 Å². The maximum absolute atomic E-state index is 12.0. The fourth-order valence-corrected chi connectivity index (χ4v) is 2.48. The second kappa shape index (κ2) is 6.01. The maximum atomic E-state index is 12.0. The topological polar surface area (TPSA) is 41.1 Å². The Labute approximate surface area is 109 Å². The van der Waals surface area contributed by atoms with E-state index in [9.17, 15) is 4.79 Å². The van der Waals surface area contributed by atoms with Crippen LogP contribution in [0.3, 0.4) is 0 Å². The number of carbonyl (C=O) groups is 1. The van der Waals surface area contributed by atoms with Crippen molar-refractivity contribution in [1.29, 1.82) is 0 Å². The number of hydrogen-bond acceptors (Lipinski definition) is 2. The van der Waals surface area contributed by atoms with Gasteiger partial charge < -0.3 is 10.6 Å².